The molecule has 2 aromatic carbocycles. The van der Waals surface area contributed by atoms with E-state index in [-0.39, 0.29) is 5.96 Å². The molecule has 1 heterocycles. The Kier molecular flexibility index (Phi) is 9.61. The molecule has 7 N–H and O–H groups in total. The molecule has 8 nitrogen and oxygen atoms in total. The standard InChI is InChI=1S/C25H35N3O5S/c1-15-5-8-17(23-21(30)20(29)22(31)24(33-23)34-2)14-18(15)13-16-6-9-19(10-7-16)32-12-4-3-11-28-25(26)27/h5-10,14,20-24,29-31H,3-4,11-13H2,1-2H3,(H4,26,27,28)/t20-,21-,22+,23+,24-/m1/s1. The predicted molar refractivity (Wildman–Crippen MR) is 135 cm³/mol. The van der Waals surface area contributed by atoms with Gasteiger partial charge in [0.25, 0.3) is 0 Å². The number of nitrogens with two attached hydrogens (primary N) is 2. The van der Waals surface area contributed by atoms with Gasteiger partial charge in [-0.15, -0.1) is 11.8 Å². The molecule has 34 heavy (non-hydrogen) atoms. The van der Waals surface area contributed by atoms with Crippen LogP contribution >= 0.6 is 11.8 Å². The SMILES string of the molecule is CS[C@H]1O[C@@H](c2ccc(C)c(Cc3ccc(OCCCCN=C(N)N)cc3)c2)[C@H](O)[C@@H](O)[C@@H]1O. The Hall–Kier alpha value is -2.30. The zero-order valence-corrected chi connectivity index (χ0v) is 20.4. The Balaban J connectivity index is 1.61. The summed E-state index contributed by atoms with van der Waals surface area (Å²) in [5.41, 5.74) is 14.1. The topological polar surface area (TPSA) is 144 Å². The first-order valence-corrected chi connectivity index (χ1v) is 12.7. The highest BCUT2D eigenvalue weighted by molar-refractivity contribution is 7.99. The second-order valence-corrected chi connectivity index (χ2v) is 9.44. The molecule has 0 aliphatic carbocycles. The maximum atomic E-state index is 10.5. The van der Waals surface area contributed by atoms with Gasteiger partial charge in [0.1, 0.15) is 35.6 Å². The highest BCUT2D eigenvalue weighted by Gasteiger charge is 2.44. The summed E-state index contributed by atoms with van der Waals surface area (Å²) in [4.78, 5) is 3.95. The fourth-order valence-electron chi connectivity index (χ4n) is 3.91. The number of benzene rings is 2. The number of aryl methyl sites for hydroxylation is 1. The molecule has 0 saturated carbocycles. The van der Waals surface area contributed by atoms with Crippen molar-refractivity contribution in [3.05, 3.63) is 64.7 Å². The van der Waals surface area contributed by atoms with Gasteiger partial charge in [-0.1, -0.05) is 30.3 Å². The van der Waals surface area contributed by atoms with Crippen LogP contribution in [0, 0.1) is 6.92 Å². The van der Waals surface area contributed by atoms with E-state index < -0.39 is 29.9 Å². The van der Waals surface area contributed by atoms with Crippen LogP contribution in [0.25, 0.3) is 0 Å². The minimum atomic E-state index is -1.26. The highest BCUT2D eigenvalue weighted by atomic mass is 32.2. The third-order valence-corrected chi connectivity index (χ3v) is 6.79. The number of hydrogen-bond donors (Lipinski definition) is 5. The van der Waals surface area contributed by atoms with E-state index in [9.17, 15) is 15.3 Å². The van der Waals surface area contributed by atoms with Crippen molar-refractivity contribution in [2.45, 2.75) is 56.0 Å². The fraction of sp³-hybridized carbons (Fsp3) is 0.480. The van der Waals surface area contributed by atoms with Crippen molar-refractivity contribution in [3.8, 4) is 5.75 Å². The zero-order valence-electron chi connectivity index (χ0n) is 19.6. The van der Waals surface area contributed by atoms with Crippen LogP contribution < -0.4 is 16.2 Å². The minimum Gasteiger partial charge on any atom is -0.494 e. The molecule has 186 valence electrons. The van der Waals surface area contributed by atoms with Crippen LogP contribution in [-0.4, -0.2) is 64.4 Å². The predicted octanol–water partition coefficient (Wildman–Crippen LogP) is 1.86. The van der Waals surface area contributed by atoms with Crippen LogP contribution in [0.2, 0.25) is 0 Å². The lowest BCUT2D eigenvalue weighted by atomic mass is 9.91. The van der Waals surface area contributed by atoms with Crippen molar-refractivity contribution in [1.29, 1.82) is 0 Å². The number of nitrogens with zero attached hydrogens (tertiary/aromatic N) is 1. The molecule has 9 heteroatoms. The Bertz CT molecular complexity index is 950. The Morgan fingerprint density at radius 1 is 1.03 bits per heavy atom. The highest BCUT2D eigenvalue weighted by Crippen LogP contribution is 2.36. The van der Waals surface area contributed by atoms with E-state index in [4.69, 9.17) is 20.9 Å². The van der Waals surface area contributed by atoms with Crippen LogP contribution in [0.4, 0.5) is 0 Å². The molecule has 1 saturated heterocycles. The number of rotatable bonds is 10. The molecule has 3 rings (SSSR count). The Morgan fingerprint density at radius 3 is 2.44 bits per heavy atom. The molecular weight excluding hydrogens is 454 g/mol. The minimum absolute atomic E-state index is 0.111. The van der Waals surface area contributed by atoms with E-state index in [1.165, 1.54) is 11.8 Å². The van der Waals surface area contributed by atoms with E-state index in [0.29, 0.717) is 19.6 Å². The van der Waals surface area contributed by atoms with Crippen LogP contribution in [0.5, 0.6) is 5.75 Å². The number of guanidine groups is 1. The molecule has 0 aromatic heterocycles. The fourth-order valence-corrected chi connectivity index (χ4v) is 4.58. The molecule has 1 aliphatic rings. The van der Waals surface area contributed by atoms with Crippen molar-refractivity contribution in [2.24, 2.45) is 16.5 Å². The first kappa shape index (κ1) is 26.3. The summed E-state index contributed by atoms with van der Waals surface area (Å²) in [6.07, 6.45) is -0.0801. The lowest BCUT2D eigenvalue weighted by Crippen LogP contribution is -2.52. The second-order valence-electron chi connectivity index (χ2n) is 8.50. The molecule has 0 radical (unpaired) electrons. The number of ether oxygens (including phenoxy) is 2. The first-order valence-electron chi connectivity index (χ1n) is 11.4. The average molecular weight is 490 g/mol. The smallest absolute Gasteiger partial charge is 0.185 e. The van der Waals surface area contributed by atoms with Gasteiger partial charge in [-0.2, -0.15) is 0 Å². The van der Waals surface area contributed by atoms with Gasteiger partial charge in [-0.05, 0) is 66.8 Å². The summed E-state index contributed by atoms with van der Waals surface area (Å²) in [5.74, 6) is 0.922. The molecule has 1 aliphatic heterocycles. The molecule has 5 atom stereocenters. The molecule has 0 amide bonds. The van der Waals surface area contributed by atoms with Crippen molar-refractivity contribution < 1.29 is 24.8 Å². The number of thioether (sulfide) groups is 1. The van der Waals surface area contributed by atoms with Gasteiger partial charge < -0.3 is 36.3 Å². The van der Waals surface area contributed by atoms with Crippen molar-refractivity contribution in [2.75, 3.05) is 19.4 Å². The van der Waals surface area contributed by atoms with Gasteiger partial charge in [0.15, 0.2) is 5.96 Å². The maximum absolute atomic E-state index is 10.5. The summed E-state index contributed by atoms with van der Waals surface area (Å²) < 4.78 is 11.7. The zero-order chi connectivity index (χ0) is 24.7. The van der Waals surface area contributed by atoms with Gasteiger partial charge in [-0.25, -0.2) is 0 Å². The third kappa shape index (κ3) is 6.86. The van der Waals surface area contributed by atoms with Gasteiger partial charge in [0, 0.05) is 6.54 Å². The number of aliphatic hydroxyl groups is 3. The number of unbranched alkanes of at least 4 members (excludes halogenated alkanes) is 1. The summed E-state index contributed by atoms with van der Waals surface area (Å²) in [6, 6.07) is 13.9. The van der Waals surface area contributed by atoms with Crippen LogP contribution in [-0.2, 0) is 11.2 Å². The largest absolute Gasteiger partial charge is 0.494 e. The third-order valence-electron chi connectivity index (χ3n) is 5.94. The summed E-state index contributed by atoms with van der Waals surface area (Å²) in [5, 5.41) is 30.9. The van der Waals surface area contributed by atoms with E-state index >= 15 is 0 Å². The van der Waals surface area contributed by atoms with Crippen molar-refractivity contribution in [3.63, 3.8) is 0 Å². The van der Waals surface area contributed by atoms with E-state index in [0.717, 1.165) is 40.8 Å². The molecule has 0 spiro atoms. The Morgan fingerprint density at radius 2 is 1.76 bits per heavy atom. The number of hydrogen-bond acceptors (Lipinski definition) is 7. The summed E-state index contributed by atoms with van der Waals surface area (Å²) >= 11 is 1.31. The Labute approximate surface area is 205 Å². The summed E-state index contributed by atoms with van der Waals surface area (Å²) in [7, 11) is 0. The monoisotopic (exact) mass is 489 g/mol. The maximum Gasteiger partial charge on any atom is 0.185 e. The van der Waals surface area contributed by atoms with Gasteiger partial charge >= 0.3 is 0 Å². The lowest BCUT2D eigenvalue weighted by Gasteiger charge is -2.40. The molecule has 2 aromatic rings. The molecular formula is C25H35N3O5S. The lowest BCUT2D eigenvalue weighted by molar-refractivity contribution is -0.200. The summed E-state index contributed by atoms with van der Waals surface area (Å²) in [6.45, 7) is 3.24. The van der Waals surface area contributed by atoms with Crippen LogP contribution in [0.3, 0.4) is 0 Å². The van der Waals surface area contributed by atoms with Gasteiger partial charge in [0.2, 0.25) is 0 Å². The van der Waals surface area contributed by atoms with Crippen molar-refractivity contribution in [1.82, 2.24) is 0 Å². The first-order chi connectivity index (χ1) is 16.3. The van der Waals surface area contributed by atoms with Crippen LogP contribution in [0.1, 0.15) is 41.2 Å². The number of aliphatic hydroxyl groups excluding tert-OH is 3. The molecule has 0 unspecified atom stereocenters. The quantitative estimate of drug-likeness (QED) is 0.193. The van der Waals surface area contributed by atoms with Gasteiger partial charge in [0.05, 0.1) is 6.61 Å². The average Bonchev–Trinajstić information content (AvgIpc) is 2.82. The normalized spacial score (nSPS) is 24.6. The second kappa shape index (κ2) is 12.4. The molecule has 0 bridgehead atoms. The van der Waals surface area contributed by atoms with Crippen LogP contribution in [0.15, 0.2) is 47.5 Å². The van der Waals surface area contributed by atoms with Crippen molar-refractivity contribution >= 4 is 17.7 Å². The van der Waals surface area contributed by atoms with E-state index in [1.54, 1.807) is 6.26 Å². The van der Waals surface area contributed by atoms with E-state index in [1.807, 2.05) is 49.4 Å². The molecule has 1 fully saturated rings. The van der Waals surface area contributed by atoms with Gasteiger partial charge in [-0.3, -0.25) is 4.99 Å². The van der Waals surface area contributed by atoms with E-state index in [2.05, 4.69) is 4.99 Å². The number of aliphatic imine (C=N–C) groups is 1.